The lowest BCUT2D eigenvalue weighted by Gasteiger charge is -2.19. The highest BCUT2D eigenvalue weighted by Gasteiger charge is 2.17. The lowest BCUT2D eigenvalue weighted by molar-refractivity contribution is 0.111. The predicted molar refractivity (Wildman–Crippen MR) is 76.3 cm³/mol. The van der Waals surface area contributed by atoms with Crippen LogP contribution >= 0.6 is 15.9 Å². The highest BCUT2D eigenvalue weighted by atomic mass is 79.9. The van der Waals surface area contributed by atoms with Crippen molar-refractivity contribution in [2.45, 2.75) is 32.7 Å². The van der Waals surface area contributed by atoms with Gasteiger partial charge in [-0.15, -0.1) is 0 Å². The zero-order valence-corrected chi connectivity index (χ0v) is 12.9. The molecule has 0 amide bonds. The van der Waals surface area contributed by atoms with Crippen LogP contribution in [0.4, 0.5) is 8.78 Å². The minimum absolute atomic E-state index is 0.0881. The smallest absolute Gasteiger partial charge is 0.143 e. The van der Waals surface area contributed by atoms with Crippen molar-refractivity contribution in [3.05, 3.63) is 33.8 Å². The number of hydrogen-bond donors (Lipinski definition) is 1. The Morgan fingerprint density at radius 2 is 2.05 bits per heavy atom. The summed E-state index contributed by atoms with van der Waals surface area (Å²) >= 11 is 3.08. The third kappa shape index (κ3) is 5.16. The van der Waals surface area contributed by atoms with Crippen LogP contribution in [0.15, 0.2) is 16.6 Å². The number of hydrogen-bond acceptors (Lipinski definition) is 2. The van der Waals surface area contributed by atoms with Crippen LogP contribution in [0.2, 0.25) is 0 Å². The summed E-state index contributed by atoms with van der Waals surface area (Å²) in [5.74, 6) is -1.04. The molecule has 0 bridgehead atoms. The van der Waals surface area contributed by atoms with Crippen molar-refractivity contribution < 1.29 is 13.5 Å². The Bertz CT molecular complexity index is 401. The van der Waals surface area contributed by atoms with E-state index in [0.717, 1.165) is 13.0 Å². The first kappa shape index (κ1) is 16.5. The molecular formula is C14H20BrF2NO. The maximum Gasteiger partial charge on any atom is 0.143 e. The first-order valence-corrected chi connectivity index (χ1v) is 7.32. The second-order valence-electron chi connectivity index (χ2n) is 4.36. The van der Waals surface area contributed by atoms with Gasteiger partial charge in [-0.3, -0.25) is 0 Å². The molecule has 1 unspecified atom stereocenters. The van der Waals surface area contributed by atoms with E-state index >= 15 is 0 Å². The van der Waals surface area contributed by atoms with Gasteiger partial charge in [0.2, 0.25) is 0 Å². The van der Waals surface area contributed by atoms with E-state index in [2.05, 4.69) is 21.2 Å². The Hall–Kier alpha value is -0.520. The molecule has 2 nitrogen and oxygen atoms in total. The molecule has 0 fully saturated rings. The molecule has 0 aliphatic heterocycles. The first-order chi connectivity index (χ1) is 9.10. The molecule has 0 saturated heterocycles. The van der Waals surface area contributed by atoms with Crippen molar-refractivity contribution in [2.24, 2.45) is 0 Å². The third-order valence-corrected chi connectivity index (χ3v) is 3.36. The van der Waals surface area contributed by atoms with Gasteiger partial charge in [0, 0.05) is 18.2 Å². The zero-order chi connectivity index (χ0) is 14.3. The van der Waals surface area contributed by atoms with E-state index in [1.165, 1.54) is 12.1 Å². The van der Waals surface area contributed by atoms with Crippen LogP contribution in [-0.4, -0.2) is 25.8 Å². The highest BCUT2D eigenvalue weighted by Crippen LogP contribution is 2.22. The predicted octanol–water partition coefficient (Wildman–Crippen LogP) is 3.67. The van der Waals surface area contributed by atoms with Crippen LogP contribution < -0.4 is 5.32 Å². The number of benzene rings is 1. The van der Waals surface area contributed by atoms with Gasteiger partial charge in [-0.2, -0.15) is 0 Å². The summed E-state index contributed by atoms with van der Waals surface area (Å²) < 4.78 is 33.3. The third-order valence-electron chi connectivity index (χ3n) is 2.75. The second-order valence-corrected chi connectivity index (χ2v) is 5.21. The van der Waals surface area contributed by atoms with E-state index < -0.39 is 11.6 Å². The van der Waals surface area contributed by atoms with E-state index in [1.807, 2.05) is 13.8 Å². The molecule has 0 aliphatic carbocycles. The molecule has 0 aromatic heterocycles. The monoisotopic (exact) mass is 335 g/mol. The normalized spacial score (nSPS) is 12.7. The van der Waals surface area contributed by atoms with Crippen LogP contribution in [0.3, 0.4) is 0 Å². The standard InChI is InChI=1S/C14H20BrF2NO/c1-3-7-19-9-10(18-4-2)8-11-13(16)6-5-12(15)14(11)17/h5-6,10,18H,3-4,7-9H2,1-2H3. The van der Waals surface area contributed by atoms with E-state index in [9.17, 15) is 8.78 Å². The number of halogens is 3. The summed E-state index contributed by atoms with van der Waals surface area (Å²) in [6.07, 6.45) is 1.20. The molecule has 1 aromatic carbocycles. The average molecular weight is 336 g/mol. The summed E-state index contributed by atoms with van der Waals surface area (Å²) in [6, 6.07) is 2.57. The quantitative estimate of drug-likeness (QED) is 0.578. The fraction of sp³-hybridized carbons (Fsp3) is 0.571. The van der Waals surface area contributed by atoms with E-state index in [0.29, 0.717) is 13.2 Å². The lowest BCUT2D eigenvalue weighted by atomic mass is 10.1. The molecule has 1 aromatic rings. The summed E-state index contributed by atoms with van der Waals surface area (Å²) in [5, 5.41) is 3.19. The van der Waals surface area contributed by atoms with Gasteiger partial charge in [-0.05, 0) is 47.4 Å². The maximum absolute atomic E-state index is 13.9. The van der Waals surface area contributed by atoms with Gasteiger partial charge in [0.05, 0.1) is 11.1 Å². The van der Waals surface area contributed by atoms with Crippen molar-refractivity contribution >= 4 is 15.9 Å². The second kappa shape index (κ2) is 8.61. The molecule has 0 aliphatic rings. The van der Waals surface area contributed by atoms with Gasteiger partial charge >= 0.3 is 0 Å². The maximum atomic E-state index is 13.9. The van der Waals surface area contributed by atoms with E-state index in [-0.39, 0.29) is 22.5 Å². The minimum atomic E-state index is -0.529. The fourth-order valence-corrected chi connectivity index (χ4v) is 2.22. The summed E-state index contributed by atoms with van der Waals surface area (Å²) in [4.78, 5) is 0. The molecular weight excluding hydrogens is 316 g/mol. The van der Waals surface area contributed by atoms with Gasteiger partial charge in [0.25, 0.3) is 0 Å². The Balaban J connectivity index is 2.75. The van der Waals surface area contributed by atoms with Gasteiger partial charge in [-0.25, -0.2) is 8.78 Å². The molecule has 0 heterocycles. The average Bonchev–Trinajstić information content (AvgIpc) is 2.39. The molecule has 0 radical (unpaired) electrons. The number of rotatable bonds is 8. The van der Waals surface area contributed by atoms with Gasteiger partial charge in [0.15, 0.2) is 0 Å². The largest absolute Gasteiger partial charge is 0.380 e. The summed E-state index contributed by atoms with van der Waals surface area (Å²) in [6.45, 7) is 5.83. The molecule has 19 heavy (non-hydrogen) atoms. The van der Waals surface area contributed by atoms with Crippen molar-refractivity contribution in [1.82, 2.24) is 5.32 Å². The molecule has 0 spiro atoms. The van der Waals surface area contributed by atoms with Gasteiger partial charge in [0.1, 0.15) is 11.6 Å². The number of likely N-dealkylation sites (N-methyl/N-ethyl adjacent to an activating group) is 1. The Labute approximate surface area is 121 Å². The van der Waals surface area contributed by atoms with Crippen molar-refractivity contribution in [3.63, 3.8) is 0 Å². The topological polar surface area (TPSA) is 21.3 Å². The molecule has 5 heteroatoms. The lowest BCUT2D eigenvalue weighted by Crippen LogP contribution is -2.36. The van der Waals surface area contributed by atoms with Crippen LogP contribution in [0.25, 0.3) is 0 Å². The van der Waals surface area contributed by atoms with E-state index in [1.54, 1.807) is 0 Å². The molecule has 1 N–H and O–H groups in total. The summed E-state index contributed by atoms with van der Waals surface area (Å²) in [5.41, 5.74) is 0.0976. The first-order valence-electron chi connectivity index (χ1n) is 6.53. The Morgan fingerprint density at radius 3 is 2.68 bits per heavy atom. The zero-order valence-electron chi connectivity index (χ0n) is 11.3. The minimum Gasteiger partial charge on any atom is -0.380 e. The van der Waals surface area contributed by atoms with Gasteiger partial charge in [-0.1, -0.05) is 13.8 Å². The number of ether oxygens (including phenoxy) is 1. The number of nitrogens with one attached hydrogen (secondary N) is 1. The van der Waals surface area contributed by atoms with Crippen molar-refractivity contribution in [1.29, 1.82) is 0 Å². The molecule has 1 rings (SSSR count). The van der Waals surface area contributed by atoms with Crippen LogP contribution in [0.5, 0.6) is 0 Å². The Kier molecular flexibility index (Phi) is 7.49. The fourth-order valence-electron chi connectivity index (χ4n) is 1.85. The molecule has 1 atom stereocenters. The SMILES string of the molecule is CCCOCC(Cc1c(F)ccc(Br)c1F)NCC. The van der Waals surface area contributed by atoms with Crippen LogP contribution in [-0.2, 0) is 11.2 Å². The molecule has 108 valence electrons. The van der Waals surface area contributed by atoms with Crippen molar-refractivity contribution in [2.75, 3.05) is 19.8 Å². The van der Waals surface area contributed by atoms with Crippen LogP contribution in [0, 0.1) is 11.6 Å². The summed E-state index contributed by atoms with van der Waals surface area (Å²) in [7, 11) is 0. The van der Waals surface area contributed by atoms with Crippen LogP contribution in [0.1, 0.15) is 25.8 Å². The Morgan fingerprint density at radius 1 is 1.32 bits per heavy atom. The van der Waals surface area contributed by atoms with E-state index in [4.69, 9.17) is 4.74 Å². The van der Waals surface area contributed by atoms with Crippen molar-refractivity contribution in [3.8, 4) is 0 Å². The highest BCUT2D eigenvalue weighted by molar-refractivity contribution is 9.10. The molecule has 0 saturated carbocycles. The van der Waals surface area contributed by atoms with Gasteiger partial charge < -0.3 is 10.1 Å².